The smallest absolute Gasteiger partial charge is 0.297 e. The third-order valence-electron chi connectivity index (χ3n) is 5.49. The van der Waals surface area contributed by atoms with Crippen molar-refractivity contribution in [2.75, 3.05) is 0 Å². The molecule has 0 spiro atoms. The number of hydrogen-bond donors (Lipinski definition) is 0. The zero-order chi connectivity index (χ0) is 20.5. The Balaban J connectivity index is 1.94. The molecule has 152 valence electrons. The number of benzene rings is 1. The summed E-state index contributed by atoms with van der Waals surface area (Å²) >= 11 is 0. The summed E-state index contributed by atoms with van der Waals surface area (Å²) in [6, 6.07) is 4.75. The molecule has 0 N–H and O–H groups in total. The minimum absolute atomic E-state index is 0.0623. The van der Waals surface area contributed by atoms with Gasteiger partial charge in [-0.05, 0) is 55.9 Å². The molecule has 0 aliphatic heterocycles. The van der Waals surface area contributed by atoms with Crippen LogP contribution in [0.1, 0.15) is 46.5 Å². The highest BCUT2D eigenvalue weighted by molar-refractivity contribution is 7.86. The molecule has 1 aromatic rings. The Kier molecular flexibility index (Phi) is 6.50. The first-order valence-corrected chi connectivity index (χ1v) is 13.5. The van der Waals surface area contributed by atoms with E-state index >= 15 is 0 Å². The third kappa shape index (κ3) is 5.60. The van der Waals surface area contributed by atoms with Gasteiger partial charge in [-0.2, -0.15) is 8.42 Å². The molecule has 1 fully saturated rings. The molecule has 0 aromatic heterocycles. The number of non-ortho nitro benzene ring substituents is 1. The summed E-state index contributed by atoms with van der Waals surface area (Å²) in [4.78, 5) is 10.1. The second kappa shape index (κ2) is 7.98. The summed E-state index contributed by atoms with van der Waals surface area (Å²) in [7, 11) is -5.78. The molecule has 0 heterocycles. The Labute approximate surface area is 162 Å². The van der Waals surface area contributed by atoms with E-state index in [1.807, 2.05) is 0 Å². The highest BCUT2D eigenvalue weighted by Gasteiger charge is 2.40. The first-order chi connectivity index (χ1) is 12.3. The fourth-order valence-electron chi connectivity index (χ4n) is 2.81. The van der Waals surface area contributed by atoms with Crippen LogP contribution in [0.4, 0.5) is 5.69 Å². The van der Waals surface area contributed by atoms with Crippen LogP contribution >= 0.6 is 0 Å². The lowest BCUT2D eigenvalue weighted by molar-refractivity contribution is -0.384. The van der Waals surface area contributed by atoms with Crippen LogP contribution in [0.2, 0.25) is 18.1 Å². The van der Waals surface area contributed by atoms with Crippen molar-refractivity contribution in [2.24, 2.45) is 0 Å². The van der Waals surface area contributed by atoms with E-state index in [0.717, 1.165) is 12.8 Å². The van der Waals surface area contributed by atoms with E-state index in [1.165, 1.54) is 24.3 Å². The molecule has 2 rings (SSSR count). The van der Waals surface area contributed by atoms with Gasteiger partial charge < -0.3 is 4.43 Å². The molecular formula is C18H29NO6SSi. The maximum atomic E-state index is 12.4. The Morgan fingerprint density at radius 1 is 1.04 bits per heavy atom. The second-order valence-electron chi connectivity index (χ2n) is 8.58. The van der Waals surface area contributed by atoms with Crippen molar-refractivity contribution in [1.82, 2.24) is 0 Å². The van der Waals surface area contributed by atoms with E-state index in [9.17, 15) is 18.5 Å². The lowest BCUT2D eigenvalue weighted by atomic mass is 9.95. The molecular weight excluding hydrogens is 386 g/mol. The SMILES string of the molecule is CC(C)(C)[Si](C)(C)OC1CCC(OS(=O)(=O)c2ccc([N+](=O)[O-])cc2)CC1. The summed E-state index contributed by atoms with van der Waals surface area (Å²) < 4.78 is 36.6. The molecule has 1 aliphatic rings. The molecule has 0 atom stereocenters. The standard InChI is InChI=1S/C18H29NO6SSi/c1-18(2,3)27(4,5)25-16-10-8-15(9-11-16)24-26(22,23)17-12-6-14(7-13-17)19(20)21/h6-7,12-13,15-16H,8-11H2,1-5H3. The lowest BCUT2D eigenvalue weighted by Crippen LogP contribution is -2.45. The zero-order valence-corrected chi connectivity index (χ0v) is 18.4. The lowest BCUT2D eigenvalue weighted by Gasteiger charge is -2.41. The molecule has 0 saturated heterocycles. The van der Waals surface area contributed by atoms with Crippen molar-refractivity contribution >= 4 is 24.1 Å². The highest BCUT2D eigenvalue weighted by atomic mass is 32.2. The number of nitro benzene ring substituents is 1. The Morgan fingerprint density at radius 3 is 1.96 bits per heavy atom. The van der Waals surface area contributed by atoms with E-state index in [2.05, 4.69) is 33.9 Å². The van der Waals surface area contributed by atoms with Crippen LogP contribution in [0.3, 0.4) is 0 Å². The van der Waals surface area contributed by atoms with Crippen molar-refractivity contribution in [3.63, 3.8) is 0 Å². The Morgan fingerprint density at radius 2 is 1.52 bits per heavy atom. The van der Waals surface area contributed by atoms with Crippen LogP contribution in [0.5, 0.6) is 0 Å². The molecule has 0 unspecified atom stereocenters. The van der Waals surface area contributed by atoms with E-state index in [4.69, 9.17) is 8.61 Å². The van der Waals surface area contributed by atoms with Crippen LogP contribution in [0.25, 0.3) is 0 Å². The number of hydrogen-bond acceptors (Lipinski definition) is 6. The van der Waals surface area contributed by atoms with Gasteiger partial charge in [-0.3, -0.25) is 14.3 Å². The van der Waals surface area contributed by atoms with Crippen molar-refractivity contribution in [3.05, 3.63) is 34.4 Å². The van der Waals surface area contributed by atoms with Gasteiger partial charge in [0.25, 0.3) is 15.8 Å². The number of nitro groups is 1. The van der Waals surface area contributed by atoms with Gasteiger partial charge in [0.2, 0.25) is 0 Å². The average molecular weight is 416 g/mol. The molecule has 0 radical (unpaired) electrons. The average Bonchev–Trinajstić information content (AvgIpc) is 2.55. The first kappa shape index (κ1) is 22.0. The van der Waals surface area contributed by atoms with Crippen LogP contribution in [0, 0.1) is 10.1 Å². The quantitative estimate of drug-likeness (QED) is 0.291. The summed E-state index contributed by atoms with van der Waals surface area (Å²) in [5, 5.41) is 10.8. The van der Waals surface area contributed by atoms with Crippen molar-refractivity contribution < 1.29 is 22.0 Å². The minimum atomic E-state index is -3.93. The second-order valence-corrected chi connectivity index (χ2v) is 14.9. The molecule has 0 amide bonds. The third-order valence-corrected chi connectivity index (χ3v) is 11.4. The van der Waals surface area contributed by atoms with Crippen molar-refractivity contribution in [3.8, 4) is 0 Å². The van der Waals surface area contributed by atoms with Crippen molar-refractivity contribution in [2.45, 2.75) is 81.7 Å². The monoisotopic (exact) mass is 415 g/mol. The number of rotatable bonds is 6. The number of nitrogens with zero attached hydrogens (tertiary/aromatic N) is 1. The first-order valence-electron chi connectivity index (χ1n) is 9.17. The molecule has 1 saturated carbocycles. The van der Waals surface area contributed by atoms with E-state index in [0.29, 0.717) is 12.8 Å². The normalized spacial score (nSPS) is 21.8. The van der Waals surface area contributed by atoms with Gasteiger partial charge in [-0.1, -0.05) is 20.8 Å². The molecule has 0 bridgehead atoms. The minimum Gasteiger partial charge on any atom is -0.414 e. The van der Waals surface area contributed by atoms with Gasteiger partial charge in [0.15, 0.2) is 8.32 Å². The van der Waals surface area contributed by atoms with Gasteiger partial charge in [-0.15, -0.1) is 0 Å². The largest absolute Gasteiger partial charge is 0.414 e. The zero-order valence-electron chi connectivity index (χ0n) is 16.6. The summed E-state index contributed by atoms with van der Waals surface area (Å²) in [5.41, 5.74) is -0.155. The van der Waals surface area contributed by atoms with Crippen LogP contribution in [-0.2, 0) is 18.7 Å². The van der Waals surface area contributed by atoms with Gasteiger partial charge in [-0.25, -0.2) is 0 Å². The molecule has 1 aliphatic carbocycles. The fourth-order valence-corrected chi connectivity index (χ4v) is 5.36. The molecule has 27 heavy (non-hydrogen) atoms. The highest BCUT2D eigenvalue weighted by Crippen LogP contribution is 2.39. The Hall–Kier alpha value is -1.29. The molecule has 7 nitrogen and oxygen atoms in total. The Bertz CT molecular complexity index is 762. The maximum absolute atomic E-state index is 12.4. The van der Waals surface area contributed by atoms with Gasteiger partial charge in [0.1, 0.15) is 0 Å². The van der Waals surface area contributed by atoms with E-state index in [-0.39, 0.29) is 27.8 Å². The summed E-state index contributed by atoms with van der Waals surface area (Å²) in [6.45, 7) is 11.0. The van der Waals surface area contributed by atoms with E-state index in [1.54, 1.807) is 0 Å². The molecule has 1 aromatic carbocycles. The predicted octanol–water partition coefficient (Wildman–Crippen LogP) is 4.63. The van der Waals surface area contributed by atoms with Crippen LogP contribution in [-0.4, -0.2) is 33.9 Å². The molecule has 9 heteroatoms. The van der Waals surface area contributed by atoms with Gasteiger partial charge in [0, 0.05) is 18.2 Å². The van der Waals surface area contributed by atoms with Crippen LogP contribution < -0.4 is 0 Å². The maximum Gasteiger partial charge on any atom is 0.297 e. The summed E-state index contributed by atoms with van der Waals surface area (Å²) in [5.74, 6) is 0. The van der Waals surface area contributed by atoms with Gasteiger partial charge in [0.05, 0.1) is 15.9 Å². The fraction of sp³-hybridized carbons (Fsp3) is 0.667. The van der Waals surface area contributed by atoms with Crippen LogP contribution in [0.15, 0.2) is 29.2 Å². The predicted molar refractivity (Wildman–Crippen MR) is 106 cm³/mol. The topological polar surface area (TPSA) is 95.7 Å². The van der Waals surface area contributed by atoms with Gasteiger partial charge >= 0.3 is 0 Å². The van der Waals surface area contributed by atoms with E-state index < -0.39 is 23.4 Å². The van der Waals surface area contributed by atoms with Crippen molar-refractivity contribution in [1.29, 1.82) is 0 Å². The summed E-state index contributed by atoms with van der Waals surface area (Å²) in [6.07, 6.45) is 2.54.